The number of hydrogen-bond donors (Lipinski definition) is 2. The van der Waals surface area contributed by atoms with Crippen molar-refractivity contribution in [2.24, 2.45) is 5.92 Å². The van der Waals surface area contributed by atoms with Crippen LogP contribution in [-0.2, 0) is 33.3 Å². The smallest absolute Gasteiger partial charge is 0.407 e. The molecular formula is C40H50N4O10. The highest BCUT2D eigenvalue weighted by Crippen LogP contribution is 2.38. The summed E-state index contributed by atoms with van der Waals surface area (Å²) in [6, 6.07) is 7.10. The molecule has 0 radical (unpaired) electrons. The van der Waals surface area contributed by atoms with Crippen molar-refractivity contribution in [2.45, 2.75) is 34.6 Å². The largest absolute Gasteiger partial charge is 0.871 e. The normalized spacial score (nSPS) is 17.1. The number of likely N-dealkylation sites (N-methyl/N-ethyl adjacent to an activating group) is 2. The second kappa shape index (κ2) is 20.9. The summed E-state index contributed by atoms with van der Waals surface area (Å²) in [5, 5.41) is 18.4. The van der Waals surface area contributed by atoms with Crippen LogP contribution in [0, 0.1) is 5.92 Å². The first-order valence-electron chi connectivity index (χ1n) is 17.8. The number of ketones is 1. The van der Waals surface area contributed by atoms with Gasteiger partial charge in [-0.15, -0.1) is 0 Å². The Hall–Kier alpha value is -5.92. The number of alkyl carbamates (subject to hydrolysis) is 2. The van der Waals surface area contributed by atoms with Gasteiger partial charge < -0.3 is 39.6 Å². The van der Waals surface area contributed by atoms with Crippen molar-refractivity contribution in [3.63, 3.8) is 0 Å². The monoisotopic (exact) mass is 746 g/mol. The summed E-state index contributed by atoms with van der Waals surface area (Å²) in [6.45, 7) is 18.5. The third kappa shape index (κ3) is 12.1. The first-order valence-corrected chi connectivity index (χ1v) is 17.8. The summed E-state index contributed by atoms with van der Waals surface area (Å²) in [5.74, 6) is -1.75. The van der Waals surface area contributed by atoms with Gasteiger partial charge in [0.1, 0.15) is 26.4 Å². The van der Waals surface area contributed by atoms with Gasteiger partial charge in [0.2, 0.25) is 0 Å². The number of benzene rings is 1. The summed E-state index contributed by atoms with van der Waals surface area (Å²) in [4.78, 5) is 62.2. The molecule has 0 aromatic heterocycles. The number of allylic oxidation sites excluding steroid dienone is 7. The predicted octanol–water partition coefficient (Wildman–Crippen LogP) is 3.39. The van der Waals surface area contributed by atoms with E-state index in [-0.39, 0.29) is 79.3 Å². The minimum atomic E-state index is -0.633. The molecule has 0 saturated heterocycles. The van der Waals surface area contributed by atoms with Gasteiger partial charge in [-0.2, -0.15) is 0 Å². The first-order chi connectivity index (χ1) is 25.8. The lowest BCUT2D eigenvalue weighted by Crippen LogP contribution is -2.33. The fourth-order valence-corrected chi connectivity index (χ4v) is 5.42. The van der Waals surface area contributed by atoms with Crippen LogP contribution in [0.2, 0.25) is 0 Å². The Balaban J connectivity index is 1.58. The van der Waals surface area contributed by atoms with Crippen molar-refractivity contribution in [1.29, 1.82) is 0 Å². The standard InChI is InChI=1S/C40H50N4O10/c1-8-43(20-24-53-39(49)41-18-22-51-37(47)26(3)4)31-15-12-30(13-16-31)34-35(45)33(36(34)46)29-11-10-28(7)32(17-14-29)44(9-2)21-25-54-40(50)42-19-23-52-38(48)27(5)6/h10-17,28H,3,5,8-9,18-25H2,1-2,4,6-7H3,(H2-,41,42,45,46,49,50)/t28-/m0/s1. The van der Waals surface area contributed by atoms with E-state index < -0.39 is 24.1 Å². The Labute approximate surface area is 316 Å². The molecule has 0 unspecified atom stereocenters. The molecule has 0 aliphatic heterocycles. The van der Waals surface area contributed by atoms with E-state index in [1.807, 2.05) is 50.0 Å². The van der Waals surface area contributed by atoms with Crippen LogP contribution in [0.5, 0.6) is 0 Å². The minimum absolute atomic E-state index is 0.00270. The van der Waals surface area contributed by atoms with E-state index in [4.69, 9.17) is 18.9 Å². The Kier molecular flexibility index (Phi) is 16.5. The lowest BCUT2D eigenvalue weighted by molar-refractivity contribution is -0.527. The van der Waals surface area contributed by atoms with E-state index in [2.05, 4.69) is 28.4 Å². The fraction of sp³-hybridized carbons (Fsp3) is 0.400. The fourth-order valence-electron chi connectivity index (χ4n) is 5.42. The van der Waals surface area contributed by atoms with Gasteiger partial charge in [0.25, 0.3) is 0 Å². The highest BCUT2D eigenvalue weighted by molar-refractivity contribution is 6.39. The Morgan fingerprint density at radius 3 is 1.91 bits per heavy atom. The maximum absolute atomic E-state index is 13.4. The molecule has 0 heterocycles. The summed E-state index contributed by atoms with van der Waals surface area (Å²) in [7, 11) is 0. The number of hydrogen-bond acceptors (Lipinski definition) is 11. The number of rotatable bonds is 18. The van der Waals surface area contributed by atoms with Crippen LogP contribution >= 0.6 is 0 Å². The molecule has 2 aliphatic carbocycles. The molecule has 1 atom stereocenters. The molecule has 2 aliphatic rings. The minimum Gasteiger partial charge on any atom is -0.871 e. The van der Waals surface area contributed by atoms with Crippen LogP contribution in [-0.4, -0.2) is 106 Å². The highest BCUT2D eigenvalue weighted by atomic mass is 16.6. The van der Waals surface area contributed by atoms with Crippen molar-refractivity contribution in [1.82, 2.24) is 10.6 Å². The van der Waals surface area contributed by atoms with E-state index >= 15 is 0 Å². The van der Waals surface area contributed by atoms with Crippen molar-refractivity contribution in [3.05, 3.63) is 95.3 Å². The van der Waals surface area contributed by atoms with Crippen molar-refractivity contribution in [2.75, 3.05) is 70.6 Å². The number of carbonyl (C=O) groups is 5. The molecule has 2 amide bonds. The van der Waals surface area contributed by atoms with Gasteiger partial charge >= 0.3 is 24.1 Å². The van der Waals surface area contributed by atoms with Gasteiger partial charge in [-0.3, -0.25) is 4.79 Å². The maximum Gasteiger partial charge on any atom is 0.407 e. The van der Waals surface area contributed by atoms with E-state index in [0.717, 1.165) is 11.4 Å². The van der Waals surface area contributed by atoms with Crippen LogP contribution in [0.4, 0.5) is 15.3 Å². The van der Waals surface area contributed by atoms with Crippen molar-refractivity contribution in [3.8, 4) is 0 Å². The molecule has 0 saturated carbocycles. The Bertz CT molecular complexity index is 1770. The lowest BCUT2D eigenvalue weighted by atomic mass is 9.80. The predicted molar refractivity (Wildman–Crippen MR) is 202 cm³/mol. The second-order valence-electron chi connectivity index (χ2n) is 12.4. The molecule has 14 heteroatoms. The zero-order valence-electron chi connectivity index (χ0n) is 31.7. The summed E-state index contributed by atoms with van der Waals surface area (Å²) >= 11 is 0. The molecule has 0 fully saturated rings. The highest BCUT2D eigenvalue weighted by Gasteiger charge is 2.31. The topological polar surface area (TPSA) is 176 Å². The van der Waals surface area contributed by atoms with Crippen LogP contribution in [0.25, 0.3) is 5.57 Å². The number of ether oxygens (including phenoxy) is 4. The van der Waals surface area contributed by atoms with Gasteiger partial charge in [0.05, 0.1) is 25.6 Å². The van der Waals surface area contributed by atoms with Gasteiger partial charge in [0, 0.05) is 40.6 Å². The summed E-state index contributed by atoms with van der Waals surface area (Å²) < 4.78 is 22.4. The number of esters is 2. The SMILES string of the molecule is C=C(C)C(=O)OCCNC(=O)OCCN(CC)c1ccc(C2=C([O-])/C(=C3/C=CC(=[N+](CC)CCOC(=O)NCCOC(=O)C(=C)C)[C@@H](C)C=C3)C2=O)cc1. The number of Topliss-reactive ketones (excluding diaryl/α,β-unsaturated/α-hetero) is 1. The van der Waals surface area contributed by atoms with E-state index in [9.17, 15) is 29.1 Å². The molecule has 54 heavy (non-hydrogen) atoms. The third-order valence-electron chi connectivity index (χ3n) is 8.41. The van der Waals surface area contributed by atoms with Gasteiger partial charge in [-0.1, -0.05) is 43.2 Å². The average Bonchev–Trinajstić information content (AvgIpc) is 3.33. The summed E-state index contributed by atoms with van der Waals surface area (Å²) in [6.07, 6.45) is 6.11. The van der Waals surface area contributed by atoms with Crippen LogP contribution < -0.4 is 20.6 Å². The lowest BCUT2D eigenvalue weighted by Gasteiger charge is -2.32. The van der Waals surface area contributed by atoms with Crippen LogP contribution in [0.15, 0.2) is 89.8 Å². The molecule has 3 rings (SSSR count). The zero-order valence-corrected chi connectivity index (χ0v) is 31.7. The van der Waals surface area contributed by atoms with Gasteiger partial charge in [-0.25, -0.2) is 23.8 Å². The zero-order chi connectivity index (χ0) is 39.8. The molecule has 1 aromatic carbocycles. The molecular weight excluding hydrogens is 696 g/mol. The van der Waals surface area contributed by atoms with E-state index in [1.54, 1.807) is 24.3 Å². The first kappa shape index (κ1) is 42.5. The van der Waals surface area contributed by atoms with Crippen molar-refractivity contribution < 1.29 is 52.6 Å². The molecule has 2 N–H and O–H groups in total. The number of anilines is 1. The van der Waals surface area contributed by atoms with E-state index in [0.29, 0.717) is 37.3 Å². The number of carbonyl (C=O) groups excluding carboxylic acids is 5. The maximum atomic E-state index is 13.4. The van der Waals surface area contributed by atoms with Gasteiger partial charge in [-0.05, 0) is 64.0 Å². The Morgan fingerprint density at radius 1 is 0.815 bits per heavy atom. The summed E-state index contributed by atoms with van der Waals surface area (Å²) in [5.41, 5.74) is 3.62. The average molecular weight is 747 g/mol. The number of nitrogens with zero attached hydrogens (tertiary/aromatic N) is 2. The molecule has 1 aromatic rings. The third-order valence-corrected chi connectivity index (χ3v) is 8.41. The van der Waals surface area contributed by atoms with Gasteiger partial charge in [0.15, 0.2) is 24.6 Å². The molecule has 0 spiro atoms. The number of nitrogens with one attached hydrogen (secondary N) is 2. The van der Waals surface area contributed by atoms with Crippen LogP contribution in [0.1, 0.15) is 40.2 Å². The molecule has 14 nitrogen and oxygen atoms in total. The second-order valence-corrected chi connectivity index (χ2v) is 12.4. The van der Waals surface area contributed by atoms with Crippen LogP contribution in [0.3, 0.4) is 0 Å². The van der Waals surface area contributed by atoms with E-state index in [1.165, 1.54) is 13.8 Å². The quantitative estimate of drug-likeness (QED) is 0.0741. The number of amides is 2. The molecule has 0 bridgehead atoms. The Morgan fingerprint density at radius 2 is 1.39 bits per heavy atom. The molecule has 290 valence electrons. The van der Waals surface area contributed by atoms with Crippen molar-refractivity contribution >= 4 is 46.9 Å².